The molecule has 0 radical (unpaired) electrons. The Balaban J connectivity index is 1.93. The van der Waals surface area contributed by atoms with Crippen LogP contribution in [0.4, 0.5) is 5.69 Å². The maximum atomic E-state index is 13.2. The fraction of sp³-hybridized carbons (Fsp3) is 0.360. The number of ether oxygens (including phenoxy) is 1. The average Bonchev–Trinajstić information content (AvgIpc) is 2.97. The van der Waals surface area contributed by atoms with Crippen molar-refractivity contribution in [2.75, 3.05) is 13.2 Å². The molecule has 0 N–H and O–H groups in total. The molecule has 158 valence electrons. The fourth-order valence-corrected chi connectivity index (χ4v) is 3.97. The summed E-state index contributed by atoms with van der Waals surface area (Å²) in [6.45, 7) is 11.8. The van der Waals surface area contributed by atoms with E-state index in [1.165, 1.54) is 17.3 Å². The molecule has 1 aliphatic rings. The lowest BCUT2D eigenvalue weighted by Gasteiger charge is -2.17. The summed E-state index contributed by atoms with van der Waals surface area (Å²) in [5.41, 5.74) is 2.95. The lowest BCUT2D eigenvalue weighted by molar-refractivity contribution is -0.122. The number of nitrogens with zero attached hydrogens (tertiary/aromatic N) is 2. The van der Waals surface area contributed by atoms with Gasteiger partial charge in [0.25, 0.3) is 5.91 Å². The van der Waals surface area contributed by atoms with Crippen molar-refractivity contribution >= 4 is 34.6 Å². The molecule has 1 aliphatic heterocycles. The van der Waals surface area contributed by atoms with Crippen LogP contribution < -0.4 is 4.74 Å². The maximum absolute atomic E-state index is 13.2. The molecule has 0 aromatic heterocycles. The van der Waals surface area contributed by atoms with Crippen LogP contribution in [-0.2, 0) is 4.79 Å². The van der Waals surface area contributed by atoms with Gasteiger partial charge in [-0.05, 0) is 54.8 Å². The Morgan fingerprint density at radius 3 is 2.40 bits per heavy atom. The Labute approximate surface area is 184 Å². The second kappa shape index (κ2) is 9.98. The zero-order chi connectivity index (χ0) is 21.7. The molecule has 0 unspecified atom stereocenters. The highest BCUT2D eigenvalue weighted by Crippen LogP contribution is 2.36. The van der Waals surface area contributed by atoms with Gasteiger partial charge in [0.05, 0.1) is 17.2 Å². The first-order valence-electron chi connectivity index (χ1n) is 10.4. The maximum Gasteiger partial charge on any atom is 0.266 e. The van der Waals surface area contributed by atoms with Gasteiger partial charge in [-0.1, -0.05) is 63.6 Å². The zero-order valence-corrected chi connectivity index (χ0v) is 19.2. The van der Waals surface area contributed by atoms with Crippen LogP contribution in [0.1, 0.15) is 38.8 Å². The smallest absolute Gasteiger partial charge is 0.266 e. The number of amides is 1. The molecule has 2 aromatic rings. The van der Waals surface area contributed by atoms with Gasteiger partial charge in [0.15, 0.2) is 5.17 Å². The van der Waals surface area contributed by atoms with E-state index in [9.17, 15) is 4.79 Å². The minimum atomic E-state index is -0.00164. The van der Waals surface area contributed by atoms with Gasteiger partial charge in [-0.15, -0.1) is 0 Å². The van der Waals surface area contributed by atoms with E-state index in [4.69, 9.17) is 9.73 Å². The molecular weight excluding hydrogens is 392 g/mol. The summed E-state index contributed by atoms with van der Waals surface area (Å²) in [5, 5.41) is 0.726. The lowest BCUT2D eigenvalue weighted by Crippen LogP contribution is -2.32. The van der Waals surface area contributed by atoms with Crippen molar-refractivity contribution in [1.82, 2.24) is 4.90 Å². The van der Waals surface area contributed by atoms with Crippen LogP contribution in [0.5, 0.6) is 5.75 Å². The molecule has 2 aromatic carbocycles. The quantitative estimate of drug-likeness (QED) is 0.492. The summed E-state index contributed by atoms with van der Waals surface area (Å²) < 4.78 is 5.96. The number of rotatable bonds is 7. The monoisotopic (exact) mass is 422 g/mol. The first-order valence-corrected chi connectivity index (χ1v) is 11.2. The molecule has 0 atom stereocenters. The molecular formula is C25H30N2O2S. The molecule has 30 heavy (non-hydrogen) atoms. The molecule has 0 aliphatic carbocycles. The van der Waals surface area contributed by atoms with Crippen molar-refractivity contribution in [3.8, 4) is 5.75 Å². The van der Waals surface area contributed by atoms with E-state index in [2.05, 4.69) is 34.6 Å². The standard InChI is InChI=1S/C25H30N2O2S/c1-17(2)15-27-24(28)23(30-25(27)26-21-12-10-19(5)11-13-21)14-20-8-6-7-9-22(20)29-16-18(3)4/h6-14,17-18H,15-16H2,1-5H3/b23-14+,26-25?. The van der Waals surface area contributed by atoms with Gasteiger partial charge in [-0.3, -0.25) is 9.69 Å². The van der Waals surface area contributed by atoms with Crippen LogP contribution in [0.15, 0.2) is 58.4 Å². The number of aryl methyl sites for hydroxylation is 1. The number of carbonyl (C=O) groups is 1. The van der Waals surface area contributed by atoms with Crippen LogP contribution in [0.3, 0.4) is 0 Å². The third-order valence-electron chi connectivity index (χ3n) is 4.47. The number of carbonyl (C=O) groups excluding carboxylic acids is 1. The van der Waals surface area contributed by atoms with Crippen molar-refractivity contribution in [1.29, 1.82) is 0 Å². The van der Waals surface area contributed by atoms with E-state index >= 15 is 0 Å². The van der Waals surface area contributed by atoms with Crippen LogP contribution in [0, 0.1) is 18.8 Å². The van der Waals surface area contributed by atoms with Gasteiger partial charge in [0, 0.05) is 12.1 Å². The number of hydrogen-bond donors (Lipinski definition) is 0. The molecule has 0 saturated carbocycles. The van der Waals surface area contributed by atoms with Gasteiger partial charge in [-0.2, -0.15) is 0 Å². The summed E-state index contributed by atoms with van der Waals surface area (Å²) in [7, 11) is 0. The second-order valence-corrected chi connectivity index (χ2v) is 9.40. The fourth-order valence-electron chi connectivity index (χ4n) is 2.98. The predicted molar refractivity (Wildman–Crippen MR) is 127 cm³/mol. The van der Waals surface area contributed by atoms with Crippen molar-refractivity contribution in [3.63, 3.8) is 0 Å². The van der Waals surface area contributed by atoms with Crippen LogP contribution in [0.2, 0.25) is 0 Å². The van der Waals surface area contributed by atoms with Gasteiger partial charge < -0.3 is 4.74 Å². The van der Waals surface area contributed by atoms with E-state index < -0.39 is 0 Å². The van der Waals surface area contributed by atoms with Crippen molar-refractivity contribution in [2.24, 2.45) is 16.8 Å². The highest BCUT2D eigenvalue weighted by Gasteiger charge is 2.33. The van der Waals surface area contributed by atoms with E-state index in [0.717, 1.165) is 22.2 Å². The Kier molecular flexibility index (Phi) is 7.38. The Morgan fingerprint density at radius 1 is 1.03 bits per heavy atom. The van der Waals surface area contributed by atoms with Gasteiger partial charge in [0.2, 0.25) is 0 Å². The summed E-state index contributed by atoms with van der Waals surface area (Å²) in [4.78, 5) is 20.4. The summed E-state index contributed by atoms with van der Waals surface area (Å²) in [5.74, 6) is 1.58. The Bertz CT molecular complexity index is 946. The summed E-state index contributed by atoms with van der Waals surface area (Å²) in [6.07, 6.45) is 1.92. The SMILES string of the molecule is Cc1ccc(N=C2S/C(=C/c3ccccc3OCC(C)C)C(=O)N2CC(C)C)cc1. The number of benzene rings is 2. The molecule has 3 rings (SSSR count). The van der Waals surface area contributed by atoms with E-state index in [1.54, 1.807) is 4.90 Å². The topological polar surface area (TPSA) is 41.9 Å². The number of thioether (sulfide) groups is 1. The first kappa shape index (κ1) is 22.2. The number of amidine groups is 1. The van der Waals surface area contributed by atoms with Gasteiger partial charge in [-0.25, -0.2) is 4.99 Å². The third-order valence-corrected chi connectivity index (χ3v) is 5.48. The van der Waals surface area contributed by atoms with Crippen LogP contribution in [0.25, 0.3) is 6.08 Å². The molecule has 0 bridgehead atoms. The highest BCUT2D eigenvalue weighted by molar-refractivity contribution is 8.18. The first-order chi connectivity index (χ1) is 14.3. The largest absolute Gasteiger partial charge is 0.493 e. The van der Waals surface area contributed by atoms with Crippen molar-refractivity contribution < 1.29 is 9.53 Å². The molecule has 1 fully saturated rings. The summed E-state index contributed by atoms with van der Waals surface area (Å²) in [6, 6.07) is 15.9. The number of aliphatic imine (C=N–C) groups is 1. The molecule has 0 spiro atoms. The lowest BCUT2D eigenvalue weighted by atomic mass is 10.1. The summed E-state index contributed by atoms with van der Waals surface area (Å²) >= 11 is 1.43. The molecule has 1 saturated heterocycles. The molecule has 1 heterocycles. The van der Waals surface area contributed by atoms with Crippen molar-refractivity contribution in [2.45, 2.75) is 34.6 Å². The van der Waals surface area contributed by atoms with E-state index in [1.807, 2.05) is 54.6 Å². The number of para-hydroxylation sites is 1. The van der Waals surface area contributed by atoms with Crippen molar-refractivity contribution in [3.05, 3.63) is 64.6 Å². The molecule has 4 nitrogen and oxygen atoms in total. The van der Waals surface area contributed by atoms with Gasteiger partial charge in [0.1, 0.15) is 5.75 Å². The van der Waals surface area contributed by atoms with E-state index in [0.29, 0.717) is 29.9 Å². The molecule has 1 amide bonds. The molecule has 5 heteroatoms. The highest BCUT2D eigenvalue weighted by atomic mass is 32.2. The second-order valence-electron chi connectivity index (χ2n) is 8.39. The predicted octanol–water partition coefficient (Wildman–Crippen LogP) is 6.29. The number of hydrogen-bond acceptors (Lipinski definition) is 4. The van der Waals surface area contributed by atoms with Crippen LogP contribution >= 0.6 is 11.8 Å². The average molecular weight is 423 g/mol. The zero-order valence-electron chi connectivity index (χ0n) is 18.4. The minimum Gasteiger partial charge on any atom is -0.493 e. The van der Waals surface area contributed by atoms with E-state index in [-0.39, 0.29) is 5.91 Å². The Hall–Kier alpha value is -2.53. The normalized spacial score (nSPS) is 17.0. The Morgan fingerprint density at radius 2 is 1.73 bits per heavy atom. The minimum absolute atomic E-state index is 0.00164. The van der Waals surface area contributed by atoms with Crippen LogP contribution in [-0.4, -0.2) is 29.1 Å². The third kappa shape index (κ3) is 5.76. The van der Waals surface area contributed by atoms with Gasteiger partial charge >= 0.3 is 0 Å².